The molecular formula is C17H21ClN4O3S. The number of piperidine rings is 1. The Morgan fingerprint density at radius 3 is 2.54 bits per heavy atom. The number of benzene rings is 1. The van der Waals surface area contributed by atoms with Crippen molar-refractivity contribution in [1.82, 2.24) is 14.1 Å². The molecule has 1 aromatic heterocycles. The molecule has 140 valence electrons. The Kier molecular flexibility index (Phi) is 5.36. The summed E-state index contributed by atoms with van der Waals surface area (Å²) < 4.78 is 27.7. The maximum Gasteiger partial charge on any atom is 0.246 e. The molecule has 9 heteroatoms. The molecule has 0 unspecified atom stereocenters. The number of carbonyl (C=O) groups excluding carboxylic acids is 1. The van der Waals surface area contributed by atoms with Crippen molar-refractivity contribution in [2.24, 2.45) is 7.05 Å². The van der Waals surface area contributed by atoms with Crippen molar-refractivity contribution in [3.05, 3.63) is 47.1 Å². The van der Waals surface area contributed by atoms with E-state index in [2.05, 4.69) is 5.10 Å². The molecule has 0 spiro atoms. The lowest BCUT2D eigenvalue weighted by atomic mass is 10.0. The molecule has 0 N–H and O–H groups in total. The van der Waals surface area contributed by atoms with Crippen molar-refractivity contribution in [2.45, 2.75) is 25.4 Å². The molecule has 3 rings (SSSR count). The number of halogens is 1. The number of hydrogen-bond donors (Lipinski definition) is 0. The smallest absolute Gasteiger partial charge is 0.246 e. The van der Waals surface area contributed by atoms with E-state index >= 15 is 0 Å². The lowest BCUT2D eigenvalue weighted by molar-refractivity contribution is -0.123. The minimum absolute atomic E-state index is 0.131. The molecule has 0 saturated carbocycles. The van der Waals surface area contributed by atoms with Crippen LogP contribution in [0.4, 0.5) is 5.82 Å². The van der Waals surface area contributed by atoms with Gasteiger partial charge in [-0.05, 0) is 30.5 Å². The van der Waals surface area contributed by atoms with Crippen molar-refractivity contribution in [3.63, 3.8) is 0 Å². The van der Waals surface area contributed by atoms with Gasteiger partial charge in [0.15, 0.2) is 0 Å². The van der Waals surface area contributed by atoms with E-state index in [0.717, 1.165) is 11.8 Å². The Balaban J connectivity index is 1.89. The van der Waals surface area contributed by atoms with Crippen LogP contribution in [-0.4, -0.2) is 47.3 Å². The number of carbonyl (C=O) groups is 1. The van der Waals surface area contributed by atoms with Gasteiger partial charge in [-0.3, -0.25) is 14.4 Å². The van der Waals surface area contributed by atoms with Crippen LogP contribution in [0, 0.1) is 0 Å². The molecule has 1 aromatic carbocycles. The van der Waals surface area contributed by atoms with Gasteiger partial charge in [-0.15, -0.1) is 0 Å². The van der Waals surface area contributed by atoms with Crippen LogP contribution in [0.5, 0.6) is 0 Å². The fourth-order valence-corrected chi connectivity index (χ4v) is 4.38. The van der Waals surface area contributed by atoms with Gasteiger partial charge in [0, 0.05) is 31.2 Å². The molecule has 7 nitrogen and oxygen atoms in total. The second-order valence-corrected chi connectivity index (χ2v) is 8.77. The van der Waals surface area contributed by atoms with Crippen LogP contribution in [0.3, 0.4) is 0 Å². The number of aryl methyl sites for hydroxylation is 1. The van der Waals surface area contributed by atoms with Gasteiger partial charge in [-0.1, -0.05) is 23.7 Å². The Morgan fingerprint density at radius 2 is 1.96 bits per heavy atom. The van der Waals surface area contributed by atoms with Crippen molar-refractivity contribution in [3.8, 4) is 0 Å². The fraction of sp³-hybridized carbons (Fsp3) is 0.412. The minimum Gasteiger partial charge on any atom is -0.296 e. The topological polar surface area (TPSA) is 75.5 Å². The Labute approximate surface area is 158 Å². The molecule has 1 atom stereocenters. The van der Waals surface area contributed by atoms with Crippen LogP contribution in [0.2, 0.25) is 5.02 Å². The first-order chi connectivity index (χ1) is 12.3. The van der Waals surface area contributed by atoms with E-state index in [9.17, 15) is 13.2 Å². The zero-order valence-electron chi connectivity index (χ0n) is 14.7. The first-order valence-electron chi connectivity index (χ1n) is 8.28. The van der Waals surface area contributed by atoms with Crippen LogP contribution in [0.1, 0.15) is 18.4 Å². The van der Waals surface area contributed by atoms with Gasteiger partial charge >= 0.3 is 0 Å². The molecule has 1 aliphatic rings. The van der Waals surface area contributed by atoms with Gasteiger partial charge in [-0.2, -0.15) is 9.40 Å². The van der Waals surface area contributed by atoms with Gasteiger partial charge in [0.2, 0.25) is 15.9 Å². The summed E-state index contributed by atoms with van der Waals surface area (Å²) in [5.41, 5.74) is 0.783. The molecule has 0 radical (unpaired) electrons. The standard InChI is InChI=1S/C17H21ClN4O3S/c1-20-16(9-10-19-20)21-11-3-4-15(17(21)23)22(26(2,24)25)12-13-5-7-14(18)8-6-13/h5-10,15H,3-4,11-12H2,1-2H3/t15-/m1/s1. The normalized spacial score (nSPS) is 18.5. The molecule has 0 aliphatic carbocycles. The molecule has 1 fully saturated rings. The minimum atomic E-state index is -3.58. The van der Waals surface area contributed by atoms with Crippen molar-refractivity contribution in [1.29, 1.82) is 0 Å². The average molecular weight is 397 g/mol. The van der Waals surface area contributed by atoms with Crippen molar-refractivity contribution in [2.75, 3.05) is 17.7 Å². The number of nitrogens with zero attached hydrogens (tertiary/aromatic N) is 4. The maximum atomic E-state index is 13.1. The van der Waals surface area contributed by atoms with E-state index < -0.39 is 16.1 Å². The molecule has 1 aliphatic heterocycles. The number of hydrogen-bond acceptors (Lipinski definition) is 4. The van der Waals surface area contributed by atoms with E-state index in [4.69, 9.17) is 11.6 Å². The predicted molar refractivity (Wildman–Crippen MR) is 100 cm³/mol. The van der Waals surface area contributed by atoms with Gasteiger partial charge in [0.05, 0.1) is 12.5 Å². The molecule has 0 bridgehead atoms. The molecule has 2 aromatic rings. The van der Waals surface area contributed by atoms with Crippen LogP contribution in [-0.2, 0) is 28.4 Å². The fourth-order valence-electron chi connectivity index (χ4n) is 3.21. The summed E-state index contributed by atoms with van der Waals surface area (Å²) in [4.78, 5) is 14.7. The summed E-state index contributed by atoms with van der Waals surface area (Å²) in [6.45, 7) is 0.680. The third-order valence-electron chi connectivity index (χ3n) is 4.51. The molecule has 1 saturated heterocycles. The zero-order chi connectivity index (χ0) is 18.9. The van der Waals surface area contributed by atoms with Crippen LogP contribution in [0.25, 0.3) is 0 Å². The first kappa shape index (κ1) is 18.9. The lowest BCUT2D eigenvalue weighted by Crippen LogP contribution is -2.54. The Morgan fingerprint density at radius 1 is 1.27 bits per heavy atom. The predicted octanol–water partition coefficient (Wildman–Crippen LogP) is 2.03. The second-order valence-electron chi connectivity index (χ2n) is 6.40. The highest BCUT2D eigenvalue weighted by Gasteiger charge is 2.38. The summed E-state index contributed by atoms with van der Waals surface area (Å²) in [6.07, 6.45) is 3.97. The van der Waals surface area contributed by atoms with Crippen molar-refractivity contribution >= 4 is 33.3 Å². The number of sulfonamides is 1. The maximum absolute atomic E-state index is 13.1. The molecular weight excluding hydrogens is 376 g/mol. The Bertz CT molecular complexity index is 895. The summed E-state index contributed by atoms with van der Waals surface area (Å²) in [5, 5.41) is 4.68. The van der Waals surface area contributed by atoms with E-state index in [1.54, 1.807) is 53.2 Å². The quantitative estimate of drug-likeness (QED) is 0.774. The van der Waals surface area contributed by atoms with Crippen LogP contribution < -0.4 is 4.90 Å². The molecule has 26 heavy (non-hydrogen) atoms. The van der Waals surface area contributed by atoms with E-state index in [1.165, 1.54) is 4.31 Å². The van der Waals surface area contributed by atoms with Gasteiger partial charge in [-0.25, -0.2) is 8.42 Å². The summed E-state index contributed by atoms with van der Waals surface area (Å²) >= 11 is 5.90. The SMILES string of the molecule is Cn1nccc1N1CCC[C@@H](N(Cc2ccc(Cl)cc2)S(C)(=O)=O)C1=O. The average Bonchev–Trinajstić information content (AvgIpc) is 3.00. The van der Waals surface area contributed by atoms with Crippen molar-refractivity contribution < 1.29 is 13.2 Å². The van der Waals surface area contributed by atoms with E-state index in [1.807, 2.05) is 0 Å². The number of anilines is 1. The van der Waals surface area contributed by atoms with Crippen LogP contribution in [0.15, 0.2) is 36.5 Å². The van der Waals surface area contributed by atoms with Gasteiger partial charge in [0.25, 0.3) is 0 Å². The molecule has 1 amide bonds. The number of aromatic nitrogens is 2. The monoisotopic (exact) mass is 396 g/mol. The summed E-state index contributed by atoms with van der Waals surface area (Å²) in [5.74, 6) is 0.443. The van der Waals surface area contributed by atoms with Crippen LogP contribution >= 0.6 is 11.6 Å². The highest BCUT2D eigenvalue weighted by atomic mass is 35.5. The van der Waals surface area contributed by atoms with E-state index in [-0.39, 0.29) is 12.5 Å². The number of rotatable bonds is 5. The van der Waals surface area contributed by atoms with E-state index in [0.29, 0.717) is 30.2 Å². The van der Waals surface area contributed by atoms with Gasteiger partial charge in [0.1, 0.15) is 11.9 Å². The third-order valence-corrected chi connectivity index (χ3v) is 5.99. The first-order valence-corrected chi connectivity index (χ1v) is 10.5. The molecule has 2 heterocycles. The highest BCUT2D eigenvalue weighted by Crippen LogP contribution is 2.26. The lowest BCUT2D eigenvalue weighted by Gasteiger charge is -2.37. The second kappa shape index (κ2) is 7.38. The Hall–Kier alpha value is -1.90. The zero-order valence-corrected chi connectivity index (χ0v) is 16.2. The highest BCUT2D eigenvalue weighted by molar-refractivity contribution is 7.88. The van der Waals surface area contributed by atoms with Gasteiger partial charge < -0.3 is 0 Å². The summed E-state index contributed by atoms with van der Waals surface area (Å²) in [7, 11) is -1.82. The largest absolute Gasteiger partial charge is 0.296 e. The number of amides is 1. The third kappa shape index (κ3) is 3.92. The summed E-state index contributed by atoms with van der Waals surface area (Å²) in [6, 6.07) is 7.98.